The Labute approximate surface area is 142 Å². The van der Waals surface area contributed by atoms with Crippen molar-refractivity contribution in [2.75, 3.05) is 31.1 Å². The van der Waals surface area contributed by atoms with Gasteiger partial charge in [0.25, 0.3) is 11.6 Å². The maximum absolute atomic E-state index is 12.6. The first kappa shape index (κ1) is 16.1. The Morgan fingerprint density at radius 1 is 1.21 bits per heavy atom. The number of amides is 1. The number of piperazine rings is 1. The molecule has 8 nitrogen and oxygen atoms in total. The van der Waals surface area contributed by atoms with Gasteiger partial charge in [-0.2, -0.15) is 5.10 Å². The topological polar surface area (TPSA) is 92.5 Å². The normalized spacial score (nSPS) is 14.5. The zero-order valence-electron chi connectivity index (χ0n) is 12.6. The summed E-state index contributed by atoms with van der Waals surface area (Å²) < 4.78 is 0. The minimum atomic E-state index is -0.542. The van der Waals surface area contributed by atoms with Crippen LogP contribution in [0.4, 0.5) is 11.5 Å². The van der Waals surface area contributed by atoms with Crippen molar-refractivity contribution in [3.8, 4) is 0 Å². The molecule has 1 aromatic carbocycles. The first-order valence-electron chi connectivity index (χ1n) is 7.32. The van der Waals surface area contributed by atoms with Crippen molar-refractivity contribution >= 4 is 29.0 Å². The Hall–Kier alpha value is -2.74. The Kier molecular flexibility index (Phi) is 4.57. The summed E-state index contributed by atoms with van der Waals surface area (Å²) in [6.45, 7) is 2.30. The molecule has 0 saturated carbocycles. The highest BCUT2D eigenvalue weighted by molar-refractivity contribution is 6.34. The molecule has 2 aromatic rings. The number of non-ortho nitro benzene ring substituents is 1. The fourth-order valence-corrected chi connectivity index (χ4v) is 2.82. The molecule has 0 spiro atoms. The number of halogens is 1. The van der Waals surface area contributed by atoms with E-state index in [-0.39, 0.29) is 22.2 Å². The number of nitro groups is 1. The third-order valence-electron chi connectivity index (χ3n) is 3.84. The summed E-state index contributed by atoms with van der Waals surface area (Å²) in [4.78, 5) is 26.5. The molecule has 1 amide bonds. The molecule has 0 N–H and O–H groups in total. The van der Waals surface area contributed by atoms with Crippen LogP contribution in [0.5, 0.6) is 0 Å². The summed E-state index contributed by atoms with van der Waals surface area (Å²) in [5.74, 6) is 0.548. The van der Waals surface area contributed by atoms with E-state index >= 15 is 0 Å². The molecule has 0 bridgehead atoms. The van der Waals surface area contributed by atoms with Crippen molar-refractivity contribution in [2.45, 2.75) is 0 Å². The molecule has 1 aliphatic rings. The van der Waals surface area contributed by atoms with Crippen molar-refractivity contribution in [1.29, 1.82) is 0 Å². The maximum Gasteiger partial charge on any atom is 0.270 e. The third kappa shape index (κ3) is 3.28. The SMILES string of the molecule is O=C(c1ccc([N+](=O)[O-])cc1Cl)N1CCN(c2cccnn2)CC1. The molecule has 1 aromatic heterocycles. The first-order valence-corrected chi connectivity index (χ1v) is 7.70. The van der Waals surface area contributed by atoms with Gasteiger partial charge in [0.05, 0.1) is 15.5 Å². The van der Waals surface area contributed by atoms with Crippen LogP contribution >= 0.6 is 11.6 Å². The highest BCUT2D eigenvalue weighted by atomic mass is 35.5. The predicted octanol–water partition coefficient (Wildman–Crippen LogP) is 2.00. The predicted molar refractivity (Wildman–Crippen MR) is 88.3 cm³/mol. The molecule has 9 heteroatoms. The zero-order valence-corrected chi connectivity index (χ0v) is 13.4. The lowest BCUT2D eigenvalue weighted by Gasteiger charge is -2.35. The molecule has 0 radical (unpaired) electrons. The second-order valence-corrected chi connectivity index (χ2v) is 5.69. The lowest BCUT2D eigenvalue weighted by atomic mass is 10.1. The van der Waals surface area contributed by atoms with Crippen LogP contribution in [-0.2, 0) is 0 Å². The molecule has 1 aliphatic heterocycles. The number of rotatable bonds is 3. The molecular formula is C15H14ClN5O3. The van der Waals surface area contributed by atoms with Gasteiger partial charge in [0.15, 0.2) is 5.82 Å². The fourth-order valence-electron chi connectivity index (χ4n) is 2.56. The van der Waals surface area contributed by atoms with Gasteiger partial charge < -0.3 is 9.80 Å². The number of nitrogens with zero attached hydrogens (tertiary/aromatic N) is 5. The summed E-state index contributed by atoms with van der Waals surface area (Å²) in [6.07, 6.45) is 1.61. The summed E-state index contributed by atoms with van der Waals surface area (Å²) in [7, 11) is 0. The number of hydrogen-bond donors (Lipinski definition) is 0. The van der Waals surface area contributed by atoms with Crippen LogP contribution in [0.2, 0.25) is 5.02 Å². The van der Waals surface area contributed by atoms with Crippen LogP contribution in [0.1, 0.15) is 10.4 Å². The molecule has 0 unspecified atom stereocenters. The summed E-state index contributed by atoms with van der Waals surface area (Å²) in [5.41, 5.74) is 0.138. The van der Waals surface area contributed by atoms with Crippen LogP contribution < -0.4 is 4.90 Å². The highest BCUT2D eigenvalue weighted by Gasteiger charge is 2.25. The number of carbonyl (C=O) groups is 1. The average molecular weight is 348 g/mol. The number of carbonyl (C=O) groups excluding carboxylic acids is 1. The van der Waals surface area contributed by atoms with Gasteiger partial charge in [-0.3, -0.25) is 14.9 Å². The standard InChI is InChI=1S/C15H14ClN5O3/c16-13-10-11(21(23)24)3-4-12(13)15(22)20-8-6-19(7-9-20)14-2-1-5-17-18-14/h1-5,10H,6-9H2. The lowest BCUT2D eigenvalue weighted by molar-refractivity contribution is -0.384. The van der Waals surface area contributed by atoms with Crippen LogP contribution in [0.15, 0.2) is 36.5 Å². The van der Waals surface area contributed by atoms with E-state index in [0.717, 1.165) is 5.82 Å². The Morgan fingerprint density at radius 3 is 2.54 bits per heavy atom. The van der Waals surface area contributed by atoms with Crippen LogP contribution in [-0.4, -0.2) is 52.1 Å². The average Bonchev–Trinajstić information content (AvgIpc) is 2.62. The van der Waals surface area contributed by atoms with E-state index in [9.17, 15) is 14.9 Å². The van der Waals surface area contributed by atoms with Crippen LogP contribution in [0.3, 0.4) is 0 Å². The minimum Gasteiger partial charge on any atom is -0.352 e. The Balaban J connectivity index is 1.68. The van der Waals surface area contributed by atoms with Crippen molar-refractivity contribution in [3.05, 3.63) is 57.2 Å². The maximum atomic E-state index is 12.6. The first-order chi connectivity index (χ1) is 11.6. The van der Waals surface area contributed by atoms with E-state index in [2.05, 4.69) is 10.2 Å². The number of nitro benzene ring substituents is 1. The molecule has 124 valence electrons. The smallest absolute Gasteiger partial charge is 0.270 e. The molecular weight excluding hydrogens is 334 g/mol. The van der Waals surface area contributed by atoms with E-state index in [0.29, 0.717) is 26.2 Å². The van der Waals surface area contributed by atoms with Gasteiger partial charge in [-0.15, -0.1) is 5.10 Å². The second kappa shape index (κ2) is 6.79. The van der Waals surface area contributed by atoms with Gasteiger partial charge in [-0.05, 0) is 18.2 Å². The van der Waals surface area contributed by atoms with E-state index in [4.69, 9.17) is 11.6 Å². The highest BCUT2D eigenvalue weighted by Crippen LogP contribution is 2.24. The van der Waals surface area contributed by atoms with Gasteiger partial charge >= 0.3 is 0 Å². The zero-order chi connectivity index (χ0) is 17.1. The van der Waals surface area contributed by atoms with Crippen LogP contribution in [0.25, 0.3) is 0 Å². The van der Waals surface area contributed by atoms with Crippen molar-refractivity contribution in [3.63, 3.8) is 0 Å². The monoisotopic (exact) mass is 347 g/mol. The van der Waals surface area contributed by atoms with Crippen molar-refractivity contribution < 1.29 is 9.72 Å². The van der Waals surface area contributed by atoms with Gasteiger partial charge in [-0.1, -0.05) is 11.6 Å². The molecule has 0 atom stereocenters. The van der Waals surface area contributed by atoms with E-state index < -0.39 is 4.92 Å². The van der Waals surface area contributed by atoms with E-state index in [1.54, 1.807) is 11.1 Å². The van der Waals surface area contributed by atoms with Crippen LogP contribution in [0, 0.1) is 10.1 Å². The summed E-state index contributed by atoms with van der Waals surface area (Å²) in [6, 6.07) is 7.57. The number of anilines is 1. The third-order valence-corrected chi connectivity index (χ3v) is 4.16. The minimum absolute atomic E-state index is 0.0885. The van der Waals surface area contributed by atoms with Gasteiger partial charge in [0, 0.05) is 44.5 Å². The molecule has 24 heavy (non-hydrogen) atoms. The van der Waals surface area contributed by atoms with E-state index in [1.807, 2.05) is 17.0 Å². The number of hydrogen-bond acceptors (Lipinski definition) is 6. The van der Waals surface area contributed by atoms with Crippen molar-refractivity contribution in [1.82, 2.24) is 15.1 Å². The van der Waals surface area contributed by atoms with Gasteiger partial charge in [0.1, 0.15) is 0 Å². The molecule has 1 saturated heterocycles. The quantitative estimate of drug-likeness (QED) is 0.622. The number of aromatic nitrogens is 2. The lowest BCUT2D eigenvalue weighted by Crippen LogP contribution is -2.49. The molecule has 3 rings (SSSR count). The molecule has 0 aliphatic carbocycles. The van der Waals surface area contributed by atoms with Gasteiger partial charge in [-0.25, -0.2) is 0 Å². The second-order valence-electron chi connectivity index (χ2n) is 5.28. The largest absolute Gasteiger partial charge is 0.352 e. The Morgan fingerprint density at radius 2 is 1.96 bits per heavy atom. The fraction of sp³-hybridized carbons (Fsp3) is 0.267. The van der Waals surface area contributed by atoms with Gasteiger partial charge in [0.2, 0.25) is 0 Å². The summed E-state index contributed by atoms with van der Waals surface area (Å²) >= 11 is 6.03. The summed E-state index contributed by atoms with van der Waals surface area (Å²) in [5, 5.41) is 18.7. The Bertz CT molecular complexity index is 763. The molecule has 2 heterocycles. The number of benzene rings is 1. The molecule has 1 fully saturated rings. The van der Waals surface area contributed by atoms with Crippen molar-refractivity contribution in [2.24, 2.45) is 0 Å². The van der Waals surface area contributed by atoms with E-state index in [1.165, 1.54) is 18.2 Å².